The maximum atomic E-state index is 12.3. The van der Waals surface area contributed by atoms with Crippen molar-refractivity contribution in [1.82, 2.24) is 10.2 Å². The van der Waals surface area contributed by atoms with Gasteiger partial charge in [0.05, 0.1) is 12.6 Å². The Hall–Kier alpha value is -1.30. The number of aliphatic hydroxyl groups is 1. The first-order chi connectivity index (χ1) is 9.51. The summed E-state index contributed by atoms with van der Waals surface area (Å²) >= 11 is 0. The van der Waals surface area contributed by atoms with E-state index in [0.717, 1.165) is 25.7 Å². The number of likely N-dealkylation sites (tertiary alicyclic amines) is 1. The zero-order valence-corrected chi connectivity index (χ0v) is 12.3. The molecule has 0 aliphatic carbocycles. The first kappa shape index (κ1) is 16.8. The highest BCUT2D eigenvalue weighted by Crippen LogP contribution is 2.17. The lowest BCUT2D eigenvalue weighted by Crippen LogP contribution is -2.53. The van der Waals surface area contributed by atoms with Gasteiger partial charge in [-0.2, -0.15) is 0 Å². The van der Waals surface area contributed by atoms with Gasteiger partial charge in [-0.3, -0.25) is 0 Å². The van der Waals surface area contributed by atoms with E-state index >= 15 is 0 Å². The van der Waals surface area contributed by atoms with Gasteiger partial charge < -0.3 is 20.4 Å². The number of nitrogens with zero attached hydrogens (tertiary/aromatic N) is 1. The normalized spacial score (nSPS) is 22.8. The van der Waals surface area contributed by atoms with Crippen molar-refractivity contribution < 1.29 is 19.8 Å². The second-order valence-electron chi connectivity index (χ2n) is 5.53. The SMILES string of the molecule is CCC(C)C(NC(=O)N1CCCCCC1CO)C(=O)O. The van der Waals surface area contributed by atoms with Crippen molar-refractivity contribution in [2.75, 3.05) is 13.2 Å². The molecule has 0 saturated carbocycles. The summed E-state index contributed by atoms with van der Waals surface area (Å²) in [6, 6.07) is -1.46. The highest BCUT2D eigenvalue weighted by molar-refractivity contribution is 5.83. The molecule has 1 heterocycles. The van der Waals surface area contributed by atoms with Crippen LogP contribution in [0, 0.1) is 5.92 Å². The Bertz CT molecular complexity index is 335. The molecule has 6 heteroatoms. The molecule has 1 aliphatic rings. The molecule has 2 amide bonds. The molecule has 0 bridgehead atoms. The summed E-state index contributed by atoms with van der Waals surface area (Å²) in [6.07, 6.45) is 4.37. The Morgan fingerprint density at radius 3 is 2.60 bits per heavy atom. The van der Waals surface area contributed by atoms with Crippen LogP contribution in [-0.2, 0) is 4.79 Å². The van der Waals surface area contributed by atoms with E-state index in [1.165, 1.54) is 0 Å². The molecule has 6 nitrogen and oxygen atoms in total. The number of hydrogen-bond acceptors (Lipinski definition) is 3. The van der Waals surface area contributed by atoms with Crippen molar-refractivity contribution in [3.8, 4) is 0 Å². The number of aliphatic hydroxyl groups excluding tert-OH is 1. The van der Waals surface area contributed by atoms with Crippen LogP contribution in [0.25, 0.3) is 0 Å². The molecule has 116 valence electrons. The molecular weight excluding hydrogens is 260 g/mol. The molecule has 1 rings (SSSR count). The largest absolute Gasteiger partial charge is 0.480 e. The van der Waals surface area contributed by atoms with Crippen LogP contribution in [0.3, 0.4) is 0 Å². The number of amides is 2. The van der Waals surface area contributed by atoms with Gasteiger partial charge in [0, 0.05) is 6.54 Å². The number of carbonyl (C=O) groups is 2. The van der Waals surface area contributed by atoms with Gasteiger partial charge in [0.1, 0.15) is 6.04 Å². The first-order valence-electron chi connectivity index (χ1n) is 7.42. The Morgan fingerprint density at radius 1 is 1.35 bits per heavy atom. The van der Waals surface area contributed by atoms with Gasteiger partial charge in [-0.25, -0.2) is 9.59 Å². The quantitative estimate of drug-likeness (QED) is 0.713. The average molecular weight is 286 g/mol. The lowest BCUT2D eigenvalue weighted by atomic mass is 9.99. The third-order valence-corrected chi connectivity index (χ3v) is 4.11. The van der Waals surface area contributed by atoms with E-state index in [9.17, 15) is 19.8 Å². The van der Waals surface area contributed by atoms with Crippen molar-refractivity contribution in [3.63, 3.8) is 0 Å². The predicted octanol–water partition coefficient (Wildman–Crippen LogP) is 1.43. The summed E-state index contributed by atoms with van der Waals surface area (Å²) in [4.78, 5) is 25.1. The van der Waals surface area contributed by atoms with Gasteiger partial charge in [0.25, 0.3) is 0 Å². The van der Waals surface area contributed by atoms with Crippen molar-refractivity contribution >= 4 is 12.0 Å². The van der Waals surface area contributed by atoms with Gasteiger partial charge in [0.15, 0.2) is 0 Å². The van der Waals surface area contributed by atoms with Crippen molar-refractivity contribution in [2.45, 2.75) is 58.0 Å². The number of carboxylic acids is 1. The fourth-order valence-electron chi connectivity index (χ4n) is 2.53. The molecule has 0 spiro atoms. The highest BCUT2D eigenvalue weighted by Gasteiger charge is 2.30. The summed E-state index contributed by atoms with van der Waals surface area (Å²) in [5.41, 5.74) is 0. The van der Waals surface area contributed by atoms with Gasteiger partial charge in [-0.15, -0.1) is 0 Å². The van der Waals surface area contributed by atoms with E-state index in [-0.39, 0.29) is 24.6 Å². The Balaban J connectivity index is 2.72. The molecule has 1 saturated heterocycles. The number of urea groups is 1. The summed E-state index contributed by atoms with van der Waals surface area (Å²) in [5, 5.41) is 21.2. The highest BCUT2D eigenvalue weighted by atomic mass is 16.4. The maximum Gasteiger partial charge on any atom is 0.326 e. The second kappa shape index (κ2) is 8.09. The smallest absolute Gasteiger partial charge is 0.326 e. The molecule has 0 aromatic heterocycles. The van der Waals surface area contributed by atoms with Crippen LogP contribution in [0.5, 0.6) is 0 Å². The van der Waals surface area contributed by atoms with Gasteiger partial charge in [-0.05, 0) is 18.8 Å². The first-order valence-corrected chi connectivity index (χ1v) is 7.42. The number of nitrogens with one attached hydrogen (secondary N) is 1. The van der Waals surface area contributed by atoms with E-state index in [1.807, 2.05) is 13.8 Å². The second-order valence-corrected chi connectivity index (χ2v) is 5.53. The van der Waals surface area contributed by atoms with E-state index in [1.54, 1.807) is 4.90 Å². The average Bonchev–Trinajstić information content (AvgIpc) is 2.68. The van der Waals surface area contributed by atoms with Crippen LogP contribution in [0.2, 0.25) is 0 Å². The lowest BCUT2D eigenvalue weighted by molar-refractivity contribution is -0.140. The molecule has 0 radical (unpaired) electrons. The maximum absolute atomic E-state index is 12.3. The monoisotopic (exact) mass is 286 g/mol. The number of carbonyl (C=O) groups excluding carboxylic acids is 1. The molecule has 3 atom stereocenters. The number of carboxylic acid groups (broad SMARTS) is 1. The summed E-state index contributed by atoms with van der Waals surface area (Å²) in [7, 11) is 0. The standard InChI is InChI=1S/C14H26N2O4/c1-3-10(2)12(13(18)19)15-14(20)16-8-6-4-5-7-11(16)9-17/h10-12,17H,3-9H2,1-2H3,(H,15,20)(H,18,19). The van der Waals surface area contributed by atoms with Crippen LogP contribution < -0.4 is 5.32 Å². The van der Waals surface area contributed by atoms with Gasteiger partial charge >= 0.3 is 12.0 Å². The molecule has 0 aromatic rings. The molecule has 1 fully saturated rings. The van der Waals surface area contributed by atoms with E-state index in [4.69, 9.17) is 0 Å². The van der Waals surface area contributed by atoms with Gasteiger partial charge in [0.2, 0.25) is 0 Å². The Morgan fingerprint density at radius 2 is 2.05 bits per heavy atom. The minimum Gasteiger partial charge on any atom is -0.480 e. The lowest BCUT2D eigenvalue weighted by Gasteiger charge is -2.31. The number of aliphatic carboxylic acids is 1. The third kappa shape index (κ3) is 4.37. The summed E-state index contributed by atoms with van der Waals surface area (Å²) in [5.74, 6) is -1.14. The summed E-state index contributed by atoms with van der Waals surface area (Å²) in [6.45, 7) is 4.21. The fraction of sp³-hybridized carbons (Fsp3) is 0.857. The minimum atomic E-state index is -1.01. The molecule has 3 N–H and O–H groups in total. The topological polar surface area (TPSA) is 89.9 Å². The molecule has 20 heavy (non-hydrogen) atoms. The van der Waals surface area contributed by atoms with Crippen molar-refractivity contribution in [1.29, 1.82) is 0 Å². The van der Waals surface area contributed by atoms with E-state index in [2.05, 4.69) is 5.32 Å². The number of rotatable bonds is 5. The molecule has 0 aromatic carbocycles. The van der Waals surface area contributed by atoms with E-state index in [0.29, 0.717) is 13.0 Å². The van der Waals surface area contributed by atoms with Crippen LogP contribution >= 0.6 is 0 Å². The van der Waals surface area contributed by atoms with Gasteiger partial charge in [-0.1, -0.05) is 33.1 Å². The number of hydrogen-bond donors (Lipinski definition) is 3. The summed E-state index contributed by atoms with van der Waals surface area (Å²) < 4.78 is 0. The molecule has 3 unspecified atom stereocenters. The zero-order valence-electron chi connectivity index (χ0n) is 12.3. The minimum absolute atomic E-state index is 0.0749. The van der Waals surface area contributed by atoms with Crippen LogP contribution in [0.15, 0.2) is 0 Å². The van der Waals surface area contributed by atoms with Crippen LogP contribution in [-0.4, -0.2) is 52.3 Å². The Kier molecular flexibility index (Phi) is 6.78. The zero-order chi connectivity index (χ0) is 15.1. The predicted molar refractivity (Wildman–Crippen MR) is 75.5 cm³/mol. The third-order valence-electron chi connectivity index (χ3n) is 4.11. The Labute approximate surface area is 120 Å². The molecular formula is C14H26N2O4. The van der Waals surface area contributed by atoms with E-state index < -0.39 is 12.0 Å². The van der Waals surface area contributed by atoms with Crippen LogP contribution in [0.4, 0.5) is 4.79 Å². The fourth-order valence-corrected chi connectivity index (χ4v) is 2.53. The van der Waals surface area contributed by atoms with Crippen molar-refractivity contribution in [2.24, 2.45) is 5.92 Å². The van der Waals surface area contributed by atoms with Crippen LogP contribution in [0.1, 0.15) is 46.0 Å². The van der Waals surface area contributed by atoms with Crippen molar-refractivity contribution in [3.05, 3.63) is 0 Å². The molecule has 1 aliphatic heterocycles.